The van der Waals surface area contributed by atoms with Crippen molar-refractivity contribution >= 4 is 23.4 Å². The minimum absolute atomic E-state index is 0.0511. The number of benzene rings is 2. The van der Waals surface area contributed by atoms with Crippen molar-refractivity contribution < 1.29 is 9.18 Å². The number of thioether (sulfide) groups is 1. The van der Waals surface area contributed by atoms with Crippen LogP contribution in [0.25, 0.3) is 0 Å². The summed E-state index contributed by atoms with van der Waals surface area (Å²) >= 11 is 1.30. The Balaban J connectivity index is 1.87. The molecule has 3 N–H and O–H groups in total. The normalized spacial score (nSPS) is 11.9. The lowest BCUT2D eigenvalue weighted by Crippen LogP contribution is -2.28. The van der Waals surface area contributed by atoms with Gasteiger partial charge in [-0.1, -0.05) is 30.3 Å². The van der Waals surface area contributed by atoms with Gasteiger partial charge in [-0.3, -0.25) is 4.79 Å². The van der Waals surface area contributed by atoms with Gasteiger partial charge in [0, 0.05) is 10.6 Å². The van der Waals surface area contributed by atoms with Crippen LogP contribution in [0.1, 0.15) is 18.5 Å². The number of nitrogens with one attached hydrogen (secondary N) is 1. The van der Waals surface area contributed by atoms with Gasteiger partial charge >= 0.3 is 0 Å². The van der Waals surface area contributed by atoms with Crippen LogP contribution in [-0.2, 0) is 4.79 Å². The average molecular weight is 304 g/mol. The van der Waals surface area contributed by atoms with E-state index in [1.807, 2.05) is 37.3 Å². The van der Waals surface area contributed by atoms with Crippen molar-refractivity contribution in [3.63, 3.8) is 0 Å². The van der Waals surface area contributed by atoms with Gasteiger partial charge in [0.05, 0.1) is 11.8 Å². The van der Waals surface area contributed by atoms with Crippen LogP contribution in [0.5, 0.6) is 0 Å². The van der Waals surface area contributed by atoms with Crippen molar-refractivity contribution in [2.24, 2.45) is 0 Å². The standard InChI is InChI=1S/C16H17FN2OS/c1-11(12-5-3-2-4-6-12)19-16(20)10-21-15-8-7-13(17)9-14(15)18/h2-9,11H,10,18H2,1H3,(H,19,20). The molecule has 5 heteroatoms. The number of carbonyl (C=O) groups is 1. The summed E-state index contributed by atoms with van der Waals surface area (Å²) < 4.78 is 12.9. The molecule has 0 aromatic heterocycles. The van der Waals surface area contributed by atoms with Gasteiger partial charge in [0.25, 0.3) is 0 Å². The Bertz CT molecular complexity index is 619. The van der Waals surface area contributed by atoms with Crippen LogP contribution in [0.2, 0.25) is 0 Å². The van der Waals surface area contributed by atoms with Crippen molar-refractivity contribution in [2.75, 3.05) is 11.5 Å². The lowest BCUT2D eigenvalue weighted by atomic mass is 10.1. The van der Waals surface area contributed by atoms with Crippen molar-refractivity contribution in [2.45, 2.75) is 17.9 Å². The Morgan fingerprint density at radius 2 is 2.00 bits per heavy atom. The van der Waals surface area contributed by atoms with Crippen LogP contribution < -0.4 is 11.1 Å². The van der Waals surface area contributed by atoms with E-state index in [1.54, 1.807) is 6.07 Å². The van der Waals surface area contributed by atoms with Gasteiger partial charge in [-0.25, -0.2) is 4.39 Å². The number of halogens is 1. The largest absolute Gasteiger partial charge is 0.398 e. The monoisotopic (exact) mass is 304 g/mol. The Morgan fingerprint density at radius 3 is 2.67 bits per heavy atom. The highest BCUT2D eigenvalue weighted by Gasteiger charge is 2.10. The van der Waals surface area contributed by atoms with E-state index in [4.69, 9.17) is 5.73 Å². The molecule has 0 saturated carbocycles. The first-order valence-corrected chi connectivity index (χ1v) is 7.57. The first-order chi connectivity index (χ1) is 10.1. The summed E-state index contributed by atoms with van der Waals surface area (Å²) in [6, 6.07) is 13.9. The number of anilines is 1. The molecule has 0 aliphatic carbocycles. The molecule has 0 spiro atoms. The first kappa shape index (κ1) is 15.4. The second-order valence-corrected chi connectivity index (χ2v) is 5.69. The van der Waals surface area contributed by atoms with Crippen molar-refractivity contribution in [1.29, 1.82) is 0 Å². The summed E-state index contributed by atoms with van der Waals surface area (Å²) in [4.78, 5) is 12.6. The zero-order valence-corrected chi connectivity index (χ0v) is 12.5. The first-order valence-electron chi connectivity index (χ1n) is 6.58. The smallest absolute Gasteiger partial charge is 0.230 e. The van der Waals surface area contributed by atoms with Crippen molar-refractivity contribution in [3.05, 3.63) is 59.9 Å². The van der Waals surface area contributed by atoms with Crippen LogP contribution in [0.15, 0.2) is 53.4 Å². The number of hydrogen-bond donors (Lipinski definition) is 2. The summed E-state index contributed by atoms with van der Waals surface area (Å²) in [7, 11) is 0. The Kier molecular flexibility index (Phi) is 5.22. The maximum Gasteiger partial charge on any atom is 0.230 e. The van der Waals surface area contributed by atoms with Crippen LogP contribution in [-0.4, -0.2) is 11.7 Å². The quantitative estimate of drug-likeness (QED) is 0.658. The Labute approximate surface area is 127 Å². The van der Waals surface area contributed by atoms with Gasteiger partial charge in [0.15, 0.2) is 0 Å². The molecule has 2 aromatic rings. The molecule has 1 unspecified atom stereocenters. The molecular formula is C16H17FN2OS. The minimum atomic E-state index is -0.376. The molecule has 0 heterocycles. The van der Waals surface area contributed by atoms with E-state index in [0.717, 1.165) is 5.56 Å². The fourth-order valence-electron chi connectivity index (χ4n) is 1.90. The van der Waals surface area contributed by atoms with E-state index in [0.29, 0.717) is 10.6 Å². The molecule has 0 aliphatic heterocycles. The van der Waals surface area contributed by atoms with E-state index in [1.165, 1.54) is 23.9 Å². The third kappa shape index (κ3) is 4.49. The molecule has 0 aliphatic rings. The molecule has 0 saturated heterocycles. The fourth-order valence-corrected chi connectivity index (χ4v) is 2.66. The molecule has 0 fully saturated rings. The highest BCUT2D eigenvalue weighted by atomic mass is 32.2. The molecule has 21 heavy (non-hydrogen) atoms. The summed E-state index contributed by atoms with van der Waals surface area (Å²) in [5.74, 6) is -0.216. The number of carbonyl (C=O) groups excluding carboxylic acids is 1. The maximum atomic E-state index is 12.9. The number of rotatable bonds is 5. The predicted molar refractivity (Wildman–Crippen MR) is 84.5 cm³/mol. The third-order valence-corrected chi connectivity index (χ3v) is 4.10. The number of hydrogen-bond acceptors (Lipinski definition) is 3. The van der Waals surface area contributed by atoms with E-state index in [9.17, 15) is 9.18 Å². The molecule has 0 bridgehead atoms. The topological polar surface area (TPSA) is 55.1 Å². The van der Waals surface area contributed by atoms with E-state index in [-0.39, 0.29) is 23.5 Å². The predicted octanol–water partition coefficient (Wildman–Crippen LogP) is 3.38. The maximum absolute atomic E-state index is 12.9. The lowest BCUT2D eigenvalue weighted by molar-refractivity contribution is -0.119. The van der Waals surface area contributed by atoms with Crippen LogP contribution in [0.3, 0.4) is 0 Å². The second kappa shape index (κ2) is 7.13. The van der Waals surface area contributed by atoms with Gasteiger partial charge in [-0.05, 0) is 30.7 Å². The van der Waals surface area contributed by atoms with Gasteiger partial charge < -0.3 is 11.1 Å². The zero-order chi connectivity index (χ0) is 15.2. The summed E-state index contributed by atoms with van der Waals surface area (Å²) in [5.41, 5.74) is 7.11. The van der Waals surface area contributed by atoms with Crippen LogP contribution in [0.4, 0.5) is 10.1 Å². The Hall–Kier alpha value is -2.01. The number of amides is 1. The average Bonchev–Trinajstić information content (AvgIpc) is 2.47. The lowest BCUT2D eigenvalue weighted by Gasteiger charge is -2.14. The molecule has 0 radical (unpaired) electrons. The van der Waals surface area contributed by atoms with E-state index < -0.39 is 0 Å². The highest BCUT2D eigenvalue weighted by molar-refractivity contribution is 8.00. The van der Waals surface area contributed by atoms with Gasteiger partial charge in [-0.2, -0.15) is 0 Å². The van der Waals surface area contributed by atoms with Gasteiger partial charge in [-0.15, -0.1) is 11.8 Å². The molecule has 1 amide bonds. The molecule has 3 nitrogen and oxygen atoms in total. The SMILES string of the molecule is CC(NC(=O)CSc1ccc(F)cc1N)c1ccccc1. The van der Waals surface area contributed by atoms with E-state index >= 15 is 0 Å². The molecule has 1 atom stereocenters. The number of nitrogens with two attached hydrogens (primary N) is 1. The van der Waals surface area contributed by atoms with Crippen LogP contribution >= 0.6 is 11.8 Å². The highest BCUT2D eigenvalue weighted by Crippen LogP contribution is 2.25. The Morgan fingerprint density at radius 1 is 1.29 bits per heavy atom. The van der Waals surface area contributed by atoms with Gasteiger partial charge in [0.2, 0.25) is 5.91 Å². The molecule has 2 rings (SSSR count). The molecule has 2 aromatic carbocycles. The summed E-state index contributed by atoms with van der Waals surface area (Å²) in [6.07, 6.45) is 0. The molecular weight excluding hydrogens is 287 g/mol. The van der Waals surface area contributed by atoms with Crippen molar-refractivity contribution in [3.8, 4) is 0 Å². The fraction of sp³-hybridized carbons (Fsp3) is 0.188. The third-order valence-electron chi connectivity index (χ3n) is 3.01. The summed E-state index contributed by atoms with van der Waals surface area (Å²) in [5, 5.41) is 2.92. The van der Waals surface area contributed by atoms with Gasteiger partial charge in [0.1, 0.15) is 5.82 Å². The molecule has 110 valence electrons. The zero-order valence-electron chi connectivity index (χ0n) is 11.7. The van der Waals surface area contributed by atoms with E-state index in [2.05, 4.69) is 5.32 Å². The summed E-state index contributed by atoms with van der Waals surface area (Å²) in [6.45, 7) is 1.93. The number of nitrogen functional groups attached to an aromatic ring is 1. The van der Waals surface area contributed by atoms with Crippen LogP contribution in [0, 0.1) is 5.82 Å². The van der Waals surface area contributed by atoms with Crippen molar-refractivity contribution in [1.82, 2.24) is 5.32 Å². The minimum Gasteiger partial charge on any atom is -0.398 e. The second-order valence-electron chi connectivity index (χ2n) is 4.67.